The van der Waals surface area contributed by atoms with E-state index in [9.17, 15) is 45.3 Å². The van der Waals surface area contributed by atoms with Crippen molar-refractivity contribution < 1.29 is 73.8 Å². The number of rotatable bonds is 36. The van der Waals surface area contributed by atoms with Gasteiger partial charge in [0.25, 0.3) is 0 Å². The Labute approximate surface area is 359 Å². The van der Waals surface area contributed by atoms with Crippen molar-refractivity contribution in [3.8, 4) is 0 Å². The van der Waals surface area contributed by atoms with E-state index in [0.717, 1.165) is 38.5 Å². The molecule has 0 amide bonds. The van der Waals surface area contributed by atoms with Crippen LogP contribution in [-0.2, 0) is 38.0 Å². The first-order chi connectivity index (χ1) is 29.0. The average Bonchev–Trinajstić information content (AvgIpc) is 3.24. The predicted octanol–water partition coefficient (Wildman–Crippen LogP) is 5.26. The minimum atomic E-state index is -1.76. The number of carbonyl (C=O) groups is 2. The van der Waals surface area contributed by atoms with Gasteiger partial charge in [-0.1, -0.05) is 155 Å². The van der Waals surface area contributed by atoms with Crippen LogP contribution in [0.5, 0.6) is 0 Å². The van der Waals surface area contributed by atoms with Gasteiger partial charge in [0, 0.05) is 12.8 Å². The third-order valence-electron chi connectivity index (χ3n) is 11.6. The quantitative estimate of drug-likeness (QED) is 0.0315. The fourth-order valence-electron chi connectivity index (χ4n) is 7.63. The second-order valence-corrected chi connectivity index (χ2v) is 17.0. The Morgan fingerprint density at radius 3 is 1.30 bits per heavy atom. The molecular weight excluding hydrogens is 780 g/mol. The standard InChI is InChI=1S/C45H84O15/c1-3-5-7-9-11-13-14-15-16-17-18-19-20-22-24-26-28-37(48)58-33(30-55-36(47)27-25-23-21-12-10-8-6-4-2)31-56-44-43(54)41(52)39(50)35(60-44)32-57-45-42(53)40(51)38(49)34(29-46)59-45/h33-35,38-46,49-54H,3-32H2,1-2H3/t33-,34-,35-,38+,39+,40?,41?,42?,43?,44-,45-/m1/s1. The van der Waals surface area contributed by atoms with Crippen molar-refractivity contribution in [2.24, 2.45) is 0 Å². The van der Waals surface area contributed by atoms with Gasteiger partial charge in [0.1, 0.15) is 55.4 Å². The molecule has 4 unspecified atom stereocenters. The molecule has 0 aromatic rings. The SMILES string of the molecule is CCCCCCCCCCCCCCCCCCC(=O)O[C@H](COC(=O)CCCCCCCCCC)CO[C@@H]1O[C@H](CO[C@@H]2O[C@H](CO)[C@H](O)C(O)C2O)[C@H](O)C(O)C1O. The molecule has 0 aliphatic carbocycles. The molecule has 2 saturated heterocycles. The fourth-order valence-corrected chi connectivity index (χ4v) is 7.63. The molecule has 60 heavy (non-hydrogen) atoms. The Kier molecular flexibility index (Phi) is 30.9. The molecule has 0 spiro atoms. The molecule has 2 rings (SSSR count). The summed E-state index contributed by atoms with van der Waals surface area (Å²) in [7, 11) is 0. The Morgan fingerprint density at radius 1 is 0.467 bits per heavy atom. The van der Waals surface area contributed by atoms with Crippen molar-refractivity contribution in [2.75, 3.05) is 26.4 Å². The van der Waals surface area contributed by atoms with E-state index in [1.165, 1.54) is 103 Å². The maximum Gasteiger partial charge on any atom is 0.306 e. The first kappa shape index (κ1) is 54.6. The van der Waals surface area contributed by atoms with Crippen LogP contribution >= 0.6 is 0 Å². The van der Waals surface area contributed by atoms with E-state index in [0.29, 0.717) is 12.8 Å². The van der Waals surface area contributed by atoms with Gasteiger partial charge in [0.05, 0.1) is 19.8 Å². The number of aliphatic hydroxyl groups is 7. The zero-order valence-electron chi connectivity index (χ0n) is 37.0. The van der Waals surface area contributed by atoms with Crippen molar-refractivity contribution in [3.05, 3.63) is 0 Å². The number of ether oxygens (including phenoxy) is 6. The number of hydrogen-bond acceptors (Lipinski definition) is 15. The Balaban J connectivity index is 1.82. The van der Waals surface area contributed by atoms with Crippen molar-refractivity contribution >= 4 is 11.9 Å². The molecule has 15 heteroatoms. The van der Waals surface area contributed by atoms with E-state index in [4.69, 9.17) is 28.4 Å². The van der Waals surface area contributed by atoms with Crippen LogP contribution in [0, 0.1) is 0 Å². The number of carbonyl (C=O) groups excluding carboxylic acids is 2. The molecule has 2 fully saturated rings. The number of aliphatic hydroxyl groups excluding tert-OH is 7. The normalized spacial score (nSPS) is 27.5. The Hall–Kier alpha value is -1.50. The molecule has 7 N–H and O–H groups in total. The van der Waals surface area contributed by atoms with Crippen molar-refractivity contribution in [2.45, 2.75) is 248 Å². The second-order valence-electron chi connectivity index (χ2n) is 17.0. The van der Waals surface area contributed by atoms with Crippen LogP contribution in [-0.4, -0.2) is 142 Å². The van der Waals surface area contributed by atoms with Gasteiger partial charge < -0.3 is 64.2 Å². The summed E-state index contributed by atoms with van der Waals surface area (Å²) in [6.07, 6.45) is 11.6. The van der Waals surface area contributed by atoms with Gasteiger partial charge in [-0.3, -0.25) is 9.59 Å². The van der Waals surface area contributed by atoms with Gasteiger partial charge in [-0.05, 0) is 12.8 Å². The van der Waals surface area contributed by atoms with Crippen molar-refractivity contribution in [3.63, 3.8) is 0 Å². The lowest BCUT2D eigenvalue weighted by atomic mass is 9.98. The lowest BCUT2D eigenvalue weighted by Crippen LogP contribution is -2.61. The first-order valence-electron chi connectivity index (χ1n) is 23.6. The van der Waals surface area contributed by atoms with Gasteiger partial charge in [0.2, 0.25) is 0 Å². The fraction of sp³-hybridized carbons (Fsp3) is 0.956. The van der Waals surface area contributed by atoms with Gasteiger partial charge in [-0.15, -0.1) is 0 Å². The van der Waals surface area contributed by atoms with Crippen LogP contribution < -0.4 is 0 Å². The second kappa shape index (κ2) is 34.0. The zero-order valence-corrected chi connectivity index (χ0v) is 37.0. The number of hydrogen-bond donors (Lipinski definition) is 7. The van der Waals surface area contributed by atoms with Crippen LogP contribution in [0.3, 0.4) is 0 Å². The topological polar surface area (TPSA) is 231 Å². The summed E-state index contributed by atoms with van der Waals surface area (Å²) in [6.45, 7) is 2.56. The Morgan fingerprint density at radius 2 is 0.850 bits per heavy atom. The van der Waals surface area contributed by atoms with E-state index in [2.05, 4.69) is 13.8 Å². The van der Waals surface area contributed by atoms with Crippen LogP contribution in [0.4, 0.5) is 0 Å². The molecular formula is C45H84O15. The molecule has 11 atom stereocenters. The van der Waals surface area contributed by atoms with Crippen LogP contribution in [0.1, 0.15) is 181 Å². The van der Waals surface area contributed by atoms with Gasteiger partial charge in [0.15, 0.2) is 18.7 Å². The van der Waals surface area contributed by atoms with Crippen molar-refractivity contribution in [1.29, 1.82) is 0 Å². The molecule has 0 bridgehead atoms. The number of esters is 2. The highest BCUT2D eigenvalue weighted by atomic mass is 16.7. The molecule has 2 aliphatic rings. The molecule has 2 aliphatic heterocycles. The molecule has 0 radical (unpaired) electrons. The van der Waals surface area contributed by atoms with E-state index in [1.54, 1.807) is 0 Å². The van der Waals surface area contributed by atoms with Crippen LogP contribution in [0.25, 0.3) is 0 Å². The molecule has 0 aromatic carbocycles. The summed E-state index contributed by atoms with van der Waals surface area (Å²) < 4.78 is 33.4. The van der Waals surface area contributed by atoms with E-state index < -0.39 is 92.7 Å². The molecule has 15 nitrogen and oxygen atoms in total. The average molecular weight is 865 g/mol. The van der Waals surface area contributed by atoms with Crippen molar-refractivity contribution in [1.82, 2.24) is 0 Å². The predicted molar refractivity (Wildman–Crippen MR) is 225 cm³/mol. The van der Waals surface area contributed by atoms with Crippen LogP contribution in [0.2, 0.25) is 0 Å². The van der Waals surface area contributed by atoms with E-state index in [1.807, 2.05) is 0 Å². The smallest absolute Gasteiger partial charge is 0.306 e. The summed E-state index contributed by atoms with van der Waals surface area (Å²) in [5.74, 6) is -0.919. The summed E-state index contributed by atoms with van der Waals surface area (Å²) in [4.78, 5) is 25.5. The minimum Gasteiger partial charge on any atom is -0.462 e. The van der Waals surface area contributed by atoms with Gasteiger partial charge in [-0.25, -0.2) is 0 Å². The van der Waals surface area contributed by atoms with E-state index in [-0.39, 0.29) is 26.1 Å². The van der Waals surface area contributed by atoms with E-state index >= 15 is 0 Å². The molecule has 2 heterocycles. The maximum absolute atomic E-state index is 12.9. The highest BCUT2D eigenvalue weighted by Crippen LogP contribution is 2.26. The lowest BCUT2D eigenvalue weighted by molar-refractivity contribution is -0.332. The lowest BCUT2D eigenvalue weighted by Gasteiger charge is -2.42. The Bertz CT molecular complexity index is 1070. The van der Waals surface area contributed by atoms with Gasteiger partial charge >= 0.3 is 11.9 Å². The summed E-state index contributed by atoms with van der Waals surface area (Å²) in [6, 6.07) is 0. The third kappa shape index (κ3) is 22.7. The zero-order chi connectivity index (χ0) is 44.0. The third-order valence-corrected chi connectivity index (χ3v) is 11.6. The van der Waals surface area contributed by atoms with Crippen LogP contribution in [0.15, 0.2) is 0 Å². The summed E-state index contributed by atoms with van der Waals surface area (Å²) >= 11 is 0. The highest BCUT2D eigenvalue weighted by molar-refractivity contribution is 5.70. The minimum absolute atomic E-state index is 0.173. The summed E-state index contributed by atoms with van der Waals surface area (Å²) in [5.41, 5.74) is 0. The first-order valence-corrected chi connectivity index (χ1v) is 23.6. The molecule has 354 valence electrons. The largest absolute Gasteiger partial charge is 0.462 e. The molecule has 0 saturated carbocycles. The highest BCUT2D eigenvalue weighted by Gasteiger charge is 2.47. The maximum atomic E-state index is 12.9. The molecule has 0 aromatic heterocycles. The number of unbranched alkanes of at least 4 members (excludes halogenated alkanes) is 22. The summed E-state index contributed by atoms with van der Waals surface area (Å²) in [5, 5.41) is 71.8. The monoisotopic (exact) mass is 865 g/mol. The van der Waals surface area contributed by atoms with Gasteiger partial charge in [-0.2, -0.15) is 0 Å².